The topological polar surface area (TPSA) is 98.2 Å². The van der Waals surface area contributed by atoms with E-state index >= 15 is 0 Å². The van der Waals surface area contributed by atoms with Crippen LogP contribution in [-0.2, 0) is 10.0 Å². The van der Waals surface area contributed by atoms with Gasteiger partial charge in [0.25, 0.3) is 0 Å². The molecule has 0 unspecified atom stereocenters. The monoisotopic (exact) mass is 325 g/mol. The highest BCUT2D eigenvalue weighted by Gasteiger charge is 2.38. The molecule has 1 fully saturated rings. The molecule has 0 heterocycles. The molecule has 0 atom stereocenters. The fraction of sp³-hybridized carbons (Fsp3) is 0.625. The molecule has 6 heteroatoms. The quantitative estimate of drug-likeness (QED) is 0.744. The van der Waals surface area contributed by atoms with Gasteiger partial charge in [0.2, 0.25) is 10.0 Å². The lowest BCUT2D eigenvalue weighted by Crippen LogP contribution is -2.40. The number of anilines is 2. The number of nitrogens with two attached hydrogens (primary N) is 2. The zero-order valence-corrected chi connectivity index (χ0v) is 14.6. The third-order valence-electron chi connectivity index (χ3n) is 4.27. The van der Waals surface area contributed by atoms with E-state index in [0.29, 0.717) is 11.7 Å². The maximum Gasteiger partial charge on any atom is 0.238 e. The van der Waals surface area contributed by atoms with Crippen LogP contribution in [0.3, 0.4) is 0 Å². The molecule has 2 rings (SSSR count). The van der Waals surface area contributed by atoms with E-state index in [2.05, 4.69) is 33.0 Å². The van der Waals surface area contributed by atoms with Crippen LogP contribution < -0.4 is 16.2 Å². The van der Waals surface area contributed by atoms with Gasteiger partial charge in [0.15, 0.2) is 0 Å². The third kappa shape index (κ3) is 4.14. The summed E-state index contributed by atoms with van der Waals surface area (Å²) >= 11 is 0. The lowest BCUT2D eigenvalue weighted by molar-refractivity contribution is 0.105. The molecule has 5 nitrogen and oxygen atoms in total. The van der Waals surface area contributed by atoms with Crippen molar-refractivity contribution in [2.24, 2.45) is 16.0 Å². The van der Waals surface area contributed by atoms with Crippen molar-refractivity contribution < 1.29 is 8.42 Å². The second-order valence-electron chi connectivity index (χ2n) is 8.05. The lowest BCUT2D eigenvalue weighted by atomic mass is 9.63. The highest BCUT2D eigenvalue weighted by molar-refractivity contribution is 7.89. The average molecular weight is 325 g/mol. The summed E-state index contributed by atoms with van der Waals surface area (Å²) in [4.78, 5) is 0.0415. The molecule has 0 saturated heterocycles. The van der Waals surface area contributed by atoms with Gasteiger partial charge in [-0.2, -0.15) is 0 Å². The minimum atomic E-state index is -3.72. The molecule has 0 bridgehead atoms. The van der Waals surface area contributed by atoms with Crippen molar-refractivity contribution in [1.29, 1.82) is 0 Å². The molecule has 0 radical (unpaired) electrons. The summed E-state index contributed by atoms with van der Waals surface area (Å²) in [6.45, 7) is 9.15. The van der Waals surface area contributed by atoms with Crippen molar-refractivity contribution in [3.63, 3.8) is 0 Å². The van der Waals surface area contributed by atoms with Crippen LogP contribution in [0.1, 0.15) is 47.0 Å². The number of nitrogen functional groups attached to an aromatic ring is 1. The number of nitrogens with one attached hydrogen (secondary N) is 1. The maximum atomic E-state index is 11.4. The maximum absolute atomic E-state index is 11.4. The Morgan fingerprint density at radius 2 is 1.68 bits per heavy atom. The second-order valence-corrected chi connectivity index (χ2v) is 9.61. The minimum absolute atomic E-state index is 0.0415. The smallest absolute Gasteiger partial charge is 0.238 e. The van der Waals surface area contributed by atoms with E-state index in [1.54, 1.807) is 6.07 Å². The first-order chi connectivity index (χ1) is 9.88. The number of hydrogen-bond donors (Lipinski definition) is 3. The Balaban J connectivity index is 2.20. The van der Waals surface area contributed by atoms with Crippen LogP contribution in [0.15, 0.2) is 23.1 Å². The lowest BCUT2D eigenvalue weighted by Gasteiger charge is -2.45. The highest BCUT2D eigenvalue weighted by atomic mass is 32.2. The van der Waals surface area contributed by atoms with Gasteiger partial charge in [0, 0.05) is 6.04 Å². The Labute approximate surface area is 133 Å². The summed E-state index contributed by atoms with van der Waals surface area (Å²) in [5.41, 5.74) is 7.71. The molecular formula is C16H27N3O2S. The Bertz CT molecular complexity index is 650. The van der Waals surface area contributed by atoms with E-state index in [1.165, 1.54) is 18.6 Å². The van der Waals surface area contributed by atoms with Crippen LogP contribution in [0.4, 0.5) is 11.4 Å². The number of benzene rings is 1. The van der Waals surface area contributed by atoms with Gasteiger partial charge in [-0.3, -0.25) is 0 Å². The van der Waals surface area contributed by atoms with Crippen molar-refractivity contribution in [2.75, 3.05) is 11.1 Å². The Morgan fingerprint density at radius 1 is 1.14 bits per heavy atom. The molecule has 1 aromatic carbocycles. The number of rotatable bonds is 3. The van der Waals surface area contributed by atoms with Crippen molar-refractivity contribution in [3.05, 3.63) is 18.2 Å². The van der Waals surface area contributed by atoms with Gasteiger partial charge in [-0.15, -0.1) is 0 Å². The van der Waals surface area contributed by atoms with Crippen LogP contribution in [0.5, 0.6) is 0 Å². The summed E-state index contributed by atoms with van der Waals surface area (Å²) in [7, 11) is -3.72. The van der Waals surface area contributed by atoms with E-state index in [-0.39, 0.29) is 15.7 Å². The van der Waals surface area contributed by atoms with Crippen LogP contribution >= 0.6 is 0 Å². The predicted molar refractivity (Wildman–Crippen MR) is 91.1 cm³/mol. The fourth-order valence-corrected chi connectivity index (χ4v) is 4.57. The van der Waals surface area contributed by atoms with Crippen LogP contribution in [0.2, 0.25) is 0 Å². The average Bonchev–Trinajstić information content (AvgIpc) is 2.26. The van der Waals surface area contributed by atoms with Gasteiger partial charge >= 0.3 is 0 Å². The van der Waals surface area contributed by atoms with E-state index in [0.717, 1.165) is 18.5 Å². The first-order valence-corrected chi connectivity index (χ1v) is 9.12. The molecule has 0 aromatic heterocycles. The molecule has 5 N–H and O–H groups in total. The van der Waals surface area contributed by atoms with Crippen LogP contribution in [0.25, 0.3) is 0 Å². The molecule has 22 heavy (non-hydrogen) atoms. The number of sulfonamides is 1. The SMILES string of the molecule is CC1(C)CC(Nc2ccc(S(N)(=O)=O)cc2N)CC(C)(C)C1. The zero-order valence-electron chi connectivity index (χ0n) is 13.8. The van der Waals surface area contributed by atoms with Crippen molar-refractivity contribution in [3.8, 4) is 0 Å². The van der Waals surface area contributed by atoms with Gasteiger partial charge in [-0.1, -0.05) is 27.7 Å². The van der Waals surface area contributed by atoms with Gasteiger partial charge in [-0.25, -0.2) is 13.6 Å². The molecule has 0 amide bonds. The van der Waals surface area contributed by atoms with E-state index in [9.17, 15) is 8.42 Å². The van der Waals surface area contributed by atoms with Gasteiger partial charge < -0.3 is 11.1 Å². The molecule has 0 aliphatic heterocycles. The van der Waals surface area contributed by atoms with Crippen molar-refractivity contribution in [2.45, 2.75) is 57.9 Å². The van der Waals surface area contributed by atoms with Gasteiger partial charge in [-0.05, 0) is 48.3 Å². The van der Waals surface area contributed by atoms with E-state index < -0.39 is 10.0 Å². The Morgan fingerprint density at radius 3 is 2.14 bits per heavy atom. The first kappa shape index (κ1) is 17.1. The normalized spacial score (nSPS) is 21.5. The first-order valence-electron chi connectivity index (χ1n) is 7.57. The van der Waals surface area contributed by atoms with E-state index in [4.69, 9.17) is 10.9 Å². The standard InChI is InChI=1S/C16H27N3O2S/c1-15(2)8-11(9-16(3,4)10-15)19-14-6-5-12(7-13(14)17)22(18,20)21/h5-7,11,19H,8-10,17H2,1-4H3,(H2,18,20,21). The second kappa shape index (κ2) is 5.42. The summed E-state index contributed by atoms with van der Waals surface area (Å²) in [5, 5.41) is 8.61. The van der Waals surface area contributed by atoms with Crippen LogP contribution in [-0.4, -0.2) is 14.5 Å². The molecule has 0 spiro atoms. The summed E-state index contributed by atoms with van der Waals surface area (Å²) in [5.74, 6) is 0. The number of hydrogen-bond acceptors (Lipinski definition) is 4. The molecule has 124 valence electrons. The Hall–Kier alpha value is -1.27. The largest absolute Gasteiger partial charge is 0.397 e. The van der Waals surface area contributed by atoms with Crippen molar-refractivity contribution in [1.82, 2.24) is 0 Å². The molecule has 1 saturated carbocycles. The van der Waals surface area contributed by atoms with Gasteiger partial charge in [0.05, 0.1) is 16.3 Å². The zero-order chi connectivity index (χ0) is 16.8. The number of primary sulfonamides is 1. The fourth-order valence-electron chi connectivity index (χ4n) is 4.02. The minimum Gasteiger partial charge on any atom is -0.397 e. The summed E-state index contributed by atoms with van der Waals surface area (Å²) in [6.07, 6.45) is 3.32. The molecule has 1 aliphatic carbocycles. The predicted octanol–water partition coefficient (Wildman–Crippen LogP) is 2.93. The van der Waals surface area contributed by atoms with Crippen LogP contribution in [0, 0.1) is 10.8 Å². The molecular weight excluding hydrogens is 298 g/mol. The summed E-state index contributed by atoms with van der Waals surface area (Å²) in [6, 6.07) is 4.93. The van der Waals surface area contributed by atoms with Gasteiger partial charge in [0.1, 0.15) is 0 Å². The highest BCUT2D eigenvalue weighted by Crippen LogP contribution is 2.46. The van der Waals surface area contributed by atoms with E-state index in [1.807, 2.05) is 0 Å². The molecule has 1 aromatic rings. The third-order valence-corrected chi connectivity index (χ3v) is 5.18. The molecule has 1 aliphatic rings. The van der Waals surface area contributed by atoms with Crippen molar-refractivity contribution >= 4 is 21.4 Å². The summed E-state index contributed by atoms with van der Waals surface area (Å²) < 4.78 is 22.7. The Kier molecular flexibility index (Phi) is 4.21.